The van der Waals surface area contributed by atoms with Gasteiger partial charge in [0.25, 0.3) is 5.69 Å². The molecule has 0 fully saturated rings. The topological polar surface area (TPSA) is 103 Å². The first kappa shape index (κ1) is 14.4. The van der Waals surface area contributed by atoms with Crippen molar-refractivity contribution in [2.24, 2.45) is 0 Å². The Morgan fingerprint density at radius 3 is 2.62 bits per heavy atom. The maximum Gasteiger partial charge on any atom is 0.339 e. The summed E-state index contributed by atoms with van der Waals surface area (Å²) in [6, 6.07) is 6.07. The average molecular weight is 288 g/mol. The molecule has 7 heteroatoms. The fraction of sp³-hybridized carbons (Fsp3) is 0.143. The number of para-hydroxylation sites is 1. The van der Waals surface area contributed by atoms with Crippen LogP contribution >= 0.6 is 0 Å². The fourth-order valence-electron chi connectivity index (χ4n) is 1.81. The number of aryl methyl sites for hydroxylation is 2. The minimum Gasteiger partial charge on any atom is -0.478 e. The Morgan fingerprint density at radius 2 is 2.05 bits per heavy atom. The van der Waals surface area contributed by atoms with Gasteiger partial charge in [-0.1, -0.05) is 12.1 Å². The van der Waals surface area contributed by atoms with Crippen LogP contribution in [0.15, 0.2) is 30.5 Å². The molecular weight excluding hydrogens is 276 g/mol. The van der Waals surface area contributed by atoms with E-state index in [-0.39, 0.29) is 22.9 Å². The first-order valence-corrected chi connectivity index (χ1v) is 6.02. The number of carboxylic acids is 1. The number of nitrogens with zero attached hydrogens (tertiary/aromatic N) is 2. The summed E-state index contributed by atoms with van der Waals surface area (Å²) in [6.45, 7) is 3.32. The lowest BCUT2D eigenvalue weighted by Crippen LogP contribution is -2.03. The number of nitro groups is 1. The van der Waals surface area contributed by atoms with Crippen LogP contribution in [0, 0.1) is 24.0 Å². The van der Waals surface area contributed by atoms with Crippen LogP contribution in [0.1, 0.15) is 21.5 Å². The van der Waals surface area contributed by atoms with Gasteiger partial charge in [-0.25, -0.2) is 9.78 Å². The van der Waals surface area contributed by atoms with Crippen LogP contribution < -0.4 is 4.74 Å². The molecule has 1 N–H and O–H groups in total. The molecule has 0 bridgehead atoms. The van der Waals surface area contributed by atoms with Gasteiger partial charge in [-0.3, -0.25) is 10.1 Å². The van der Waals surface area contributed by atoms with E-state index in [0.29, 0.717) is 11.1 Å². The van der Waals surface area contributed by atoms with E-state index in [0.717, 1.165) is 6.20 Å². The summed E-state index contributed by atoms with van der Waals surface area (Å²) in [5, 5.41) is 19.8. The van der Waals surface area contributed by atoms with Crippen molar-refractivity contribution in [3.05, 3.63) is 57.3 Å². The minimum absolute atomic E-state index is 0.00885. The van der Waals surface area contributed by atoms with Crippen LogP contribution in [0.25, 0.3) is 0 Å². The van der Waals surface area contributed by atoms with Crippen molar-refractivity contribution in [1.82, 2.24) is 4.98 Å². The molecule has 2 rings (SSSR count). The number of carboxylic acid groups (broad SMARTS) is 1. The molecule has 7 nitrogen and oxygen atoms in total. The molecule has 0 aliphatic rings. The van der Waals surface area contributed by atoms with E-state index in [4.69, 9.17) is 9.84 Å². The molecule has 21 heavy (non-hydrogen) atoms. The molecule has 108 valence electrons. The van der Waals surface area contributed by atoms with Gasteiger partial charge in [0.15, 0.2) is 0 Å². The summed E-state index contributed by atoms with van der Waals surface area (Å²) in [5.74, 6) is -0.805. The van der Waals surface area contributed by atoms with Gasteiger partial charge < -0.3 is 9.84 Å². The maximum atomic E-state index is 11.2. The first-order valence-electron chi connectivity index (χ1n) is 6.02. The van der Waals surface area contributed by atoms with Crippen molar-refractivity contribution < 1.29 is 19.6 Å². The fourth-order valence-corrected chi connectivity index (χ4v) is 1.81. The summed E-state index contributed by atoms with van der Waals surface area (Å²) in [4.78, 5) is 25.2. The maximum absolute atomic E-state index is 11.2. The molecule has 1 aromatic heterocycles. The van der Waals surface area contributed by atoms with Crippen LogP contribution in [0.2, 0.25) is 0 Å². The molecule has 0 amide bonds. The number of benzene rings is 1. The van der Waals surface area contributed by atoms with Gasteiger partial charge in [0, 0.05) is 11.6 Å². The van der Waals surface area contributed by atoms with Gasteiger partial charge in [-0.15, -0.1) is 0 Å². The smallest absolute Gasteiger partial charge is 0.339 e. The standard InChI is InChI=1S/C14H12N2O5/c1-8-4-3-5-11(14(17)18)12(8)21-13-9(2)6-10(7-15-13)16(19)20/h3-7H,1-2H3,(H,17,18). The largest absolute Gasteiger partial charge is 0.478 e. The summed E-state index contributed by atoms with van der Waals surface area (Å²) in [7, 11) is 0. The number of pyridine rings is 1. The van der Waals surface area contributed by atoms with Crippen molar-refractivity contribution in [2.45, 2.75) is 13.8 Å². The second-order valence-corrected chi connectivity index (χ2v) is 4.43. The molecule has 1 aromatic carbocycles. The monoisotopic (exact) mass is 288 g/mol. The highest BCUT2D eigenvalue weighted by molar-refractivity contribution is 5.91. The Balaban J connectivity index is 2.44. The SMILES string of the molecule is Cc1cc([N+](=O)[O-])cnc1Oc1c(C)cccc1C(=O)O. The number of hydrogen-bond acceptors (Lipinski definition) is 5. The second kappa shape index (κ2) is 5.58. The molecule has 0 unspecified atom stereocenters. The molecule has 2 aromatic rings. The zero-order chi connectivity index (χ0) is 15.6. The lowest BCUT2D eigenvalue weighted by molar-refractivity contribution is -0.385. The Labute approximate surface area is 120 Å². The van der Waals surface area contributed by atoms with Gasteiger partial charge >= 0.3 is 5.97 Å². The number of aromatic carboxylic acids is 1. The van der Waals surface area contributed by atoms with Crippen molar-refractivity contribution in [3.63, 3.8) is 0 Å². The van der Waals surface area contributed by atoms with Gasteiger partial charge in [0.05, 0.1) is 4.92 Å². The van der Waals surface area contributed by atoms with Gasteiger partial charge in [0.2, 0.25) is 5.88 Å². The van der Waals surface area contributed by atoms with Gasteiger partial charge in [0.1, 0.15) is 17.5 Å². The normalized spacial score (nSPS) is 10.2. The molecule has 0 atom stereocenters. The minimum atomic E-state index is -1.12. The van der Waals surface area contributed by atoms with Crippen molar-refractivity contribution in [1.29, 1.82) is 0 Å². The highest BCUT2D eigenvalue weighted by atomic mass is 16.6. The van der Waals surface area contributed by atoms with E-state index in [9.17, 15) is 14.9 Å². The Kier molecular flexibility index (Phi) is 3.84. The molecule has 0 aliphatic carbocycles. The van der Waals surface area contributed by atoms with E-state index < -0.39 is 10.9 Å². The highest BCUT2D eigenvalue weighted by Gasteiger charge is 2.17. The third-order valence-electron chi connectivity index (χ3n) is 2.87. The zero-order valence-corrected chi connectivity index (χ0v) is 11.4. The average Bonchev–Trinajstić information content (AvgIpc) is 2.42. The van der Waals surface area contributed by atoms with E-state index >= 15 is 0 Å². The van der Waals surface area contributed by atoms with Crippen molar-refractivity contribution in [2.75, 3.05) is 0 Å². The predicted octanol–water partition coefficient (Wildman–Crippen LogP) is 3.10. The third-order valence-corrected chi connectivity index (χ3v) is 2.87. The molecule has 0 aliphatic heterocycles. The zero-order valence-electron chi connectivity index (χ0n) is 11.4. The first-order chi connectivity index (χ1) is 9.90. The molecule has 0 saturated carbocycles. The van der Waals surface area contributed by atoms with E-state index in [1.54, 1.807) is 26.0 Å². The summed E-state index contributed by atoms with van der Waals surface area (Å²) in [6.07, 6.45) is 1.07. The molecule has 0 spiro atoms. The molecule has 0 radical (unpaired) electrons. The quantitative estimate of drug-likeness (QED) is 0.685. The Morgan fingerprint density at radius 1 is 1.33 bits per heavy atom. The Bertz CT molecular complexity index is 727. The lowest BCUT2D eigenvalue weighted by atomic mass is 10.1. The number of rotatable bonds is 4. The van der Waals surface area contributed by atoms with Crippen LogP contribution in [-0.2, 0) is 0 Å². The summed E-state index contributed by atoms with van der Waals surface area (Å²) in [5.41, 5.74) is 0.941. The number of carbonyl (C=O) groups is 1. The number of aromatic nitrogens is 1. The summed E-state index contributed by atoms with van der Waals surface area (Å²) >= 11 is 0. The van der Waals surface area contributed by atoms with Crippen molar-refractivity contribution >= 4 is 11.7 Å². The number of ether oxygens (including phenoxy) is 1. The van der Waals surface area contributed by atoms with Gasteiger partial charge in [-0.2, -0.15) is 0 Å². The van der Waals surface area contributed by atoms with Crippen LogP contribution in [0.5, 0.6) is 11.6 Å². The third kappa shape index (κ3) is 2.97. The lowest BCUT2D eigenvalue weighted by Gasteiger charge is -2.12. The van der Waals surface area contributed by atoms with Gasteiger partial charge in [-0.05, 0) is 25.5 Å². The number of hydrogen-bond donors (Lipinski definition) is 1. The van der Waals surface area contributed by atoms with Crippen LogP contribution in [0.3, 0.4) is 0 Å². The van der Waals surface area contributed by atoms with E-state index in [2.05, 4.69) is 4.98 Å². The van der Waals surface area contributed by atoms with E-state index in [1.165, 1.54) is 12.1 Å². The van der Waals surface area contributed by atoms with E-state index in [1.807, 2.05) is 0 Å². The van der Waals surface area contributed by atoms with Crippen LogP contribution in [0.4, 0.5) is 5.69 Å². The molecular formula is C14H12N2O5. The molecule has 0 saturated heterocycles. The predicted molar refractivity (Wildman–Crippen MR) is 73.8 cm³/mol. The second-order valence-electron chi connectivity index (χ2n) is 4.43. The highest BCUT2D eigenvalue weighted by Crippen LogP contribution is 2.30. The summed E-state index contributed by atoms with van der Waals surface area (Å²) < 4.78 is 5.55. The molecule has 1 heterocycles. The Hall–Kier alpha value is -2.96. The van der Waals surface area contributed by atoms with Crippen LogP contribution in [-0.4, -0.2) is 21.0 Å². The van der Waals surface area contributed by atoms with Crippen molar-refractivity contribution in [3.8, 4) is 11.6 Å².